The van der Waals surface area contributed by atoms with Crippen LogP contribution in [0.4, 0.5) is 0 Å². The summed E-state index contributed by atoms with van der Waals surface area (Å²) in [6, 6.07) is 10.1. The van der Waals surface area contributed by atoms with E-state index in [0.717, 1.165) is 31.7 Å². The van der Waals surface area contributed by atoms with Gasteiger partial charge in [0, 0.05) is 0 Å². The largest absolute Gasteiger partial charge is 0.490 e. The Morgan fingerprint density at radius 2 is 1.60 bits per heavy atom. The number of hydrogen-bond acceptors (Lipinski definition) is 2. The van der Waals surface area contributed by atoms with Gasteiger partial charge in [0.2, 0.25) is 0 Å². The Labute approximate surface area is 103 Å². The lowest BCUT2D eigenvalue weighted by molar-refractivity contribution is 0.162. The van der Waals surface area contributed by atoms with E-state index in [1.54, 1.807) is 0 Å². The molecule has 2 nitrogen and oxygen atoms in total. The van der Waals surface area contributed by atoms with Gasteiger partial charge in [-0.3, -0.25) is 0 Å². The van der Waals surface area contributed by atoms with Crippen LogP contribution >= 0.6 is 24.8 Å². The third-order valence-corrected chi connectivity index (χ3v) is 2.33. The SMILES string of the molecule is Cl.Cl.c1ccc(OC2CCNCC2)cc1. The van der Waals surface area contributed by atoms with Crippen molar-refractivity contribution in [1.29, 1.82) is 0 Å². The quantitative estimate of drug-likeness (QED) is 0.871. The van der Waals surface area contributed by atoms with E-state index in [4.69, 9.17) is 4.74 Å². The van der Waals surface area contributed by atoms with Crippen LogP contribution in [0.5, 0.6) is 5.75 Å². The Morgan fingerprint density at radius 1 is 1.00 bits per heavy atom. The summed E-state index contributed by atoms with van der Waals surface area (Å²) in [5.74, 6) is 0.995. The van der Waals surface area contributed by atoms with Gasteiger partial charge in [-0.05, 0) is 38.1 Å². The van der Waals surface area contributed by atoms with Crippen LogP contribution in [0.3, 0.4) is 0 Å². The first-order valence-corrected chi connectivity index (χ1v) is 4.87. The standard InChI is InChI=1S/C11H15NO.2ClH/c1-2-4-10(5-3-1)13-11-6-8-12-9-7-11;;/h1-5,11-12H,6-9H2;2*1H. The van der Waals surface area contributed by atoms with Gasteiger partial charge in [0.1, 0.15) is 11.9 Å². The number of benzene rings is 1. The highest BCUT2D eigenvalue weighted by atomic mass is 35.5. The van der Waals surface area contributed by atoms with Crippen molar-refractivity contribution < 1.29 is 4.74 Å². The molecule has 2 rings (SSSR count). The van der Waals surface area contributed by atoms with Crippen molar-refractivity contribution in [2.45, 2.75) is 18.9 Å². The smallest absolute Gasteiger partial charge is 0.119 e. The van der Waals surface area contributed by atoms with Crippen LogP contribution in [0.1, 0.15) is 12.8 Å². The lowest BCUT2D eigenvalue weighted by atomic mass is 10.1. The summed E-state index contributed by atoms with van der Waals surface area (Å²) in [6.45, 7) is 2.16. The molecule has 15 heavy (non-hydrogen) atoms. The Morgan fingerprint density at radius 3 is 2.20 bits per heavy atom. The van der Waals surface area contributed by atoms with Crippen molar-refractivity contribution in [1.82, 2.24) is 5.32 Å². The average molecular weight is 250 g/mol. The molecule has 1 fully saturated rings. The highest BCUT2D eigenvalue weighted by Gasteiger charge is 2.13. The molecule has 1 aliphatic rings. The van der Waals surface area contributed by atoms with Gasteiger partial charge in [0.25, 0.3) is 0 Å². The van der Waals surface area contributed by atoms with E-state index in [1.807, 2.05) is 30.3 Å². The summed E-state index contributed by atoms with van der Waals surface area (Å²) in [4.78, 5) is 0. The highest BCUT2D eigenvalue weighted by molar-refractivity contribution is 5.85. The van der Waals surface area contributed by atoms with Crippen LogP contribution in [0.2, 0.25) is 0 Å². The number of rotatable bonds is 2. The minimum Gasteiger partial charge on any atom is -0.490 e. The van der Waals surface area contributed by atoms with Gasteiger partial charge >= 0.3 is 0 Å². The second-order valence-corrected chi connectivity index (χ2v) is 3.38. The van der Waals surface area contributed by atoms with E-state index in [0.29, 0.717) is 6.10 Å². The predicted molar refractivity (Wildman–Crippen MR) is 67.5 cm³/mol. The molecule has 0 saturated carbocycles. The molecule has 0 atom stereocenters. The van der Waals surface area contributed by atoms with Crippen LogP contribution in [0.15, 0.2) is 30.3 Å². The summed E-state index contributed by atoms with van der Waals surface area (Å²) >= 11 is 0. The fourth-order valence-corrected chi connectivity index (χ4v) is 1.60. The first-order chi connectivity index (χ1) is 6.45. The lowest BCUT2D eigenvalue weighted by Gasteiger charge is -2.23. The average Bonchev–Trinajstić information content (AvgIpc) is 2.21. The summed E-state index contributed by atoms with van der Waals surface area (Å²) in [5.41, 5.74) is 0. The normalized spacial score (nSPS) is 16.0. The molecular weight excluding hydrogens is 233 g/mol. The van der Waals surface area contributed by atoms with Crippen molar-refractivity contribution in [3.05, 3.63) is 30.3 Å². The van der Waals surface area contributed by atoms with E-state index in [2.05, 4.69) is 5.32 Å². The van der Waals surface area contributed by atoms with Crippen LogP contribution < -0.4 is 10.1 Å². The molecule has 86 valence electrons. The first-order valence-electron chi connectivity index (χ1n) is 4.87. The maximum absolute atomic E-state index is 5.82. The maximum Gasteiger partial charge on any atom is 0.119 e. The molecule has 1 aliphatic heterocycles. The third-order valence-electron chi connectivity index (χ3n) is 2.33. The number of piperidine rings is 1. The molecule has 0 spiro atoms. The van der Waals surface area contributed by atoms with Crippen molar-refractivity contribution in [3.63, 3.8) is 0 Å². The monoisotopic (exact) mass is 249 g/mol. The van der Waals surface area contributed by atoms with E-state index >= 15 is 0 Å². The van der Waals surface area contributed by atoms with Crippen molar-refractivity contribution in [3.8, 4) is 5.75 Å². The Hall–Kier alpha value is -0.440. The molecule has 4 heteroatoms. The van der Waals surface area contributed by atoms with Gasteiger partial charge in [-0.15, -0.1) is 24.8 Å². The zero-order chi connectivity index (χ0) is 8.93. The summed E-state index contributed by atoms with van der Waals surface area (Å²) in [6.07, 6.45) is 2.65. The second kappa shape index (κ2) is 7.80. The third kappa shape index (κ3) is 4.74. The van der Waals surface area contributed by atoms with Crippen molar-refractivity contribution >= 4 is 24.8 Å². The van der Waals surface area contributed by atoms with Gasteiger partial charge < -0.3 is 10.1 Å². The van der Waals surface area contributed by atoms with Crippen LogP contribution in [0.25, 0.3) is 0 Å². The van der Waals surface area contributed by atoms with E-state index in [9.17, 15) is 0 Å². The lowest BCUT2D eigenvalue weighted by Crippen LogP contribution is -2.34. The van der Waals surface area contributed by atoms with Crippen molar-refractivity contribution in [2.24, 2.45) is 0 Å². The molecule has 0 aliphatic carbocycles. The molecule has 1 saturated heterocycles. The number of para-hydroxylation sites is 1. The van der Waals surface area contributed by atoms with Crippen LogP contribution in [-0.2, 0) is 0 Å². The van der Waals surface area contributed by atoms with Gasteiger partial charge in [-0.2, -0.15) is 0 Å². The Balaban J connectivity index is 0.000000980. The number of halogens is 2. The number of nitrogens with one attached hydrogen (secondary N) is 1. The molecule has 0 radical (unpaired) electrons. The summed E-state index contributed by atoms with van der Waals surface area (Å²) < 4.78 is 5.82. The van der Waals surface area contributed by atoms with Crippen LogP contribution in [0, 0.1) is 0 Å². The molecule has 1 N–H and O–H groups in total. The minimum atomic E-state index is 0. The molecule has 0 aromatic heterocycles. The van der Waals surface area contributed by atoms with Crippen molar-refractivity contribution in [2.75, 3.05) is 13.1 Å². The minimum absolute atomic E-state index is 0. The molecule has 1 heterocycles. The second-order valence-electron chi connectivity index (χ2n) is 3.38. The van der Waals surface area contributed by atoms with Crippen LogP contribution in [-0.4, -0.2) is 19.2 Å². The van der Waals surface area contributed by atoms with Gasteiger partial charge in [-0.1, -0.05) is 18.2 Å². The van der Waals surface area contributed by atoms with Gasteiger partial charge in [0.05, 0.1) is 0 Å². The van der Waals surface area contributed by atoms with E-state index in [-0.39, 0.29) is 24.8 Å². The maximum atomic E-state index is 5.82. The molecular formula is C11H17Cl2NO. The number of ether oxygens (including phenoxy) is 1. The molecule has 0 unspecified atom stereocenters. The fourth-order valence-electron chi connectivity index (χ4n) is 1.60. The van der Waals surface area contributed by atoms with E-state index < -0.39 is 0 Å². The Bertz CT molecular complexity index is 250. The summed E-state index contributed by atoms with van der Waals surface area (Å²) in [7, 11) is 0. The number of hydrogen-bond donors (Lipinski definition) is 1. The molecule has 1 aromatic rings. The Kier molecular flexibility index (Phi) is 7.57. The van der Waals surface area contributed by atoms with Gasteiger partial charge in [-0.25, -0.2) is 0 Å². The van der Waals surface area contributed by atoms with Gasteiger partial charge in [0.15, 0.2) is 0 Å². The zero-order valence-electron chi connectivity index (χ0n) is 8.52. The zero-order valence-corrected chi connectivity index (χ0v) is 10.2. The molecule has 1 aromatic carbocycles. The highest BCUT2D eigenvalue weighted by Crippen LogP contribution is 2.15. The topological polar surface area (TPSA) is 21.3 Å². The molecule has 0 bridgehead atoms. The fraction of sp³-hybridized carbons (Fsp3) is 0.455. The molecule has 0 amide bonds. The summed E-state index contributed by atoms with van der Waals surface area (Å²) in [5, 5.41) is 3.32. The first kappa shape index (κ1) is 14.6. The van der Waals surface area contributed by atoms with E-state index in [1.165, 1.54) is 0 Å². The predicted octanol–water partition coefficient (Wildman–Crippen LogP) is 2.66.